The molecule has 6 rings (SSSR count). The predicted molar refractivity (Wildman–Crippen MR) is 177 cm³/mol. The molecule has 2 fully saturated rings. The van der Waals surface area contributed by atoms with Crippen LogP contribution in [0.1, 0.15) is 36.8 Å². The van der Waals surface area contributed by atoms with Gasteiger partial charge in [-0.15, -0.1) is 11.8 Å². The fourth-order valence-corrected chi connectivity index (χ4v) is 8.65. The molecule has 0 aliphatic carbocycles. The zero-order valence-electron chi connectivity index (χ0n) is 25.0. The summed E-state index contributed by atoms with van der Waals surface area (Å²) in [6, 6.07) is 2.14. The van der Waals surface area contributed by atoms with Gasteiger partial charge in [-0.1, -0.05) is 59.7 Å². The second-order valence-corrected chi connectivity index (χ2v) is 14.4. The standard InChI is InChI=1S/C16H17ClF3N3S.C15H15ClF3N3S/c1-24-14(21)15(10-4-11(17)8-22-7-10)5-12-2-3-13(6-15)23(12)9-16(18,19)20;16-10-3-9(6-21-7-10)14(13(20)23)4-11-1-2-12(5-14)22(11)8-15(17,18)19/h2-4,7-8,12-13,21H,5-6,9H2,1H3;1-3,6-7,11-12H,4-5,8H2,(H2,20,23)/t12-,13+,15?;11-,12+,14?. The maximum absolute atomic E-state index is 12.9. The molecule has 4 aliphatic rings. The number of rotatable bonds is 6. The van der Waals surface area contributed by atoms with Gasteiger partial charge >= 0.3 is 12.4 Å². The minimum absolute atomic E-state index is 0.270. The van der Waals surface area contributed by atoms with Gasteiger partial charge in [-0.05, 0) is 55.2 Å². The summed E-state index contributed by atoms with van der Waals surface area (Å²) in [6.45, 7) is -1.86. The van der Waals surface area contributed by atoms with Gasteiger partial charge in [-0.2, -0.15) is 26.3 Å². The molecule has 0 radical (unpaired) electrons. The van der Waals surface area contributed by atoms with Gasteiger partial charge in [0.1, 0.15) is 0 Å². The van der Waals surface area contributed by atoms with E-state index in [1.54, 1.807) is 24.5 Å². The first kappa shape index (κ1) is 36.1. The highest BCUT2D eigenvalue weighted by Crippen LogP contribution is 2.48. The van der Waals surface area contributed by atoms with Crippen molar-refractivity contribution < 1.29 is 26.3 Å². The number of hydrogen-bond acceptors (Lipinski definition) is 7. The van der Waals surface area contributed by atoms with Crippen LogP contribution in [0.5, 0.6) is 0 Å². The Kier molecular flexibility index (Phi) is 10.4. The van der Waals surface area contributed by atoms with Crippen LogP contribution in [0.2, 0.25) is 10.0 Å². The smallest absolute Gasteiger partial charge is 0.393 e. The van der Waals surface area contributed by atoms with Crippen LogP contribution in [0.4, 0.5) is 26.3 Å². The van der Waals surface area contributed by atoms with E-state index in [1.165, 1.54) is 34.0 Å². The Labute approximate surface area is 288 Å². The van der Waals surface area contributed by atoms with Crippen molar-refractivity contribution in [3.8, 4) is 0 Å². The molecular formula is C31H32Cl2F6N6S2. The quantitative estimate of drug-likeness (QED) is 0.105. The Bertz CT molecular complexity index is 1540. The molecule has 2 unspecified atom stereocenters. The van der Waals surface area contributed by atoms with Gasteiger partial charge in [0.25, 0.3) is 0 Å². The van der Waals surface area contributed by atoms with Crippen molar-refractivity contribution in [2.45, 2.75) is 73.0 Å². The van der Waals surface area contributed by atoms with Crippen LogP contribution in [0.3, 0.4) is 0 Å². The molecular weight excluding hydrogens is 705 g/mol. The molecule has 0 saturated carbocycles. The first-order valence-electron chi connectivity index (χ1n) is 14.6. The maximum Gasteiger partial charge on any atom is 0.401 e. The van der Waals surface area contributed by atoms with Crippen LogP contribution >= 0.6 is 47.2 Å². The molecule has 16 heteroatoms. The number of hydrogen-bond donors (Lipinski definition) is 2. The Morgan fingerprint density at radius 3 is 1.49 bits per heavy atom. The molecule has 2 aromatic heterocycles. The van der Waals surface area contributed by atoms with Crippen LogP contribution in [-0.4, -0.2) is 85.7 Å². The van der Waals surface area contributed by atoms with E-state index in [4.69, 9.17) is 46.6 Å². The van der Waals surface area contributed by atoms with Gasteiger partial charge in [-0.25, -0.2) is 0 Å². The minimum Gasteiger partial charge on any atom is -0.393 e. The summed E-state index contributed by atoms with van der Waals surface area (Å²) in [4.78, 5) is 11.4. The molecule has 6 nitrogen and oxygen atoms in total. The lowest BCUT2D eigenvalue weighted by Gasteiger charge is -2.47. The predicted octanol–water partition coefficient (Wildman–Crippen LogP) is 7.50. The summed E-state index contributed by atoms with van der Waals surface area (Å²) in [5, 5.41) is 9.83. The summed E-state index contributed by atoms with van der Waals surface area (Å²) >= 11 is 18.7. The molecule has 4 aliphatic heterocycles. The topological polar surface area (TPSA) is 82.1 Å². The number of thioether (sulfide) groups is 1. The zero-order valence-corrected chi connectivity index (χ0v) is 28.2. The zero-order chi connectivity index (χ0) is 34.4. The van der Waals surface area contributed by atoms with Crippen molar-refractivity contribution in [1.29, 1.82) is 5.41 Å². The van der Waals surface area contributed by atoms with Crippen molar-refractivity contribution in [2.24, 2.45) is 5.73 Å². The lowest BCUT2D eigenvalue weighted by atomic mass is 9.70. The Hall–Kier alpha value is -2.23. The van der Waals surface area contributed by atoms with Crippen molar-refractivity contribution in [3.05, 3.63) is 82.4 Å². The number of nitrogens with two attached hydrogens (primary N) is 1. The average molecular weight is 738 g/mol. The number of nitrogens with one attached hydrogen (secondary N) is 1. The van der Waals surface area contributed by atoms with Crippen molar-refractivity contribution in [2.75, 3.05) is 19.3 Å². The highest BCUT2D eigenvalue weighted by molar-refractivity contribution is 8.13. The molecule has 2 aromatic rings. The average Bonchev–Trinajstić information content (AvgIpc) is 3.34. The third-order valence-electron chi connectivity index (χ3n) is 9.39. The van der Waals surface area contributed by atoms with Gasteiger partial charge in [-0.3, -0.25) is 25.2 Å². The number of alkyl halides is 6. The largest absolute Gasteiger partial charge is 0.401 e. The van der Waals surface area contributed by atoms with Gasteiger partial charge < -0.3 is 5.73 Å². The summed E-state index contributed by atoms with van der Waals surface area (Å²) in [5.41, 5.74) is 6.25. The van der Waals surface area contributed by atoms with Crippen molar-refractivity contribution in [1.82, 2.24) is 19.8 Å². The number of fused-ring (bicyclic) bond motifs is 4. The molecule has 3 N–H and O–H groups in total. The molecule has 254 valence electrons. The van der Waals surface area contributed by atoms with E-state index in [9.17, 15) is 26.3 Å². The van der Waals surface area contributed by atoms with Gasteiger partial charge in [0.15, 0.2) is 0 Å². The van der Waals surface area contributed by atoms with Crippen LogP contribution < -0.4 is 5.73 Å². The van der Waals surface area contributed by atoms with Crippen LogP contribution in [0.15, 0.2) is 61.2 Å². The molecule has 4 bridgehead atoms. The van der Waals surface area contributed by atoms with Crippen LogP contribution in [-0.2, 0) is 10.8 Å². The van der Waals surface area contributed by atoms with Crippen molar-refractivity contribution >= 4 is 57.2 Å². The van der Waals surface area contributed by atoms with E-state index in [2.05, 4.69) is 9.97 Å². The number of nitrogens with zero attached hydrogens (tertiary/aromatic N) is 4. The number of thiocarbonyl (C=S) groups is 1. The summed E-state index contributed by atoms with van der Waals surface area (Å²) in [6.07, 6.45) is 8.65. The number of aromatic nitrogens is 2. The molecule has 0 amide bonds. The van der Waals surface area contributed by atoms with E-state index in [0.29, 0.717) is 40.8 Å². The second kappa shape index (κ2) is 13.6. The molecule has 6 heterocycles. The Morgan fingerprint density at radius 1 is 0.809 bits per heavy atom. The highest BCUT2D eigenvalue weighted by atomic mass is 35.5. The monoisotopic (exact) mass is 736 g/mol. The summed E-state index contributed by atoms with van der Waals surface area (Å²) in [7, 11) is 0. The van der Waals surface area contributed by atoms with Crippen LogP contribution in [0, 0.1) is 5.41 Å². The van der Waals surface area contributed by atoms with Gasteiger partial charge in [0, 0.05) is 54.4 Å². The molecule has 47 heavy (non-hydrogen) atoms. The van der Waals surface area contributed by atoms with Crippen LogP contribution in [0.25, 0.3) is 0 Å². The fourth-order valence-electron chi connectivity index (χ4n) is 7.34. The summed E-state index contributed by atoms with van der Waals surface area (Å²) in [5.74, 6) is 0. The lowest BCUT2D eigenvalue weighted by Crippen LogP contribution is -2.56. The third kappa shape index (κ3) is 7.67. The third-order valence-corrected chi connectivity index (χ3v) is 11.0. The van der Waals surface area contributed by atoms with Gasteiger partial charge in [0.2, 0.25) is 0 Å². The first-order valence-corrected chi connectivity index (χ1v) is 17.0. The van der Waals surface area contributed by atoms with E-state index in [-0.39, 0.29) is 29.2 Å². The molecule has 0 spiro atoms. The summed E-state index contributed by atoms with van der Waals surface area (Å²) < 4.78 is 77.0. The maximum atomic E-state index is 12.9. The Balaban J connectivity index is 0.000000185. The Morgan fingerprint density at radius 2 is 1.17 bits per heavy atom. The van der Waals surface area contributed by atoms with Gasteiger partial charge in [0.05, 0.1) is 38.6 Å². The SMILES string of the molecule is CSC(=N)C1(c2cncc(Cl)c2)C[C@H]2C=C[C@@H](C1)N2CC(F)(F)F.NC(=S)C1(c2cncc(Cl)c2)C[C@H]2C=C[C@@H](C1)N2CC(F)(F)F. The molecule has 2 saturated heterocycles. The van der Waals surface area contributed by atoms with E-state index in [0.717, 1.165) is 11.1 Å². The highest BCUT2D eigenvalue weighted by Gasteiger charge is 2.52. The lowest BCUT2D eigenvalue weighted by molar-refractivity contribution is -0.155. The number of piperidine rings is 2. The van der Waals surface area contributed by atoms with E-state index >= 15 is 0 Å². The van der Waals surface area contributed by atoms with Crippen molar-refractivity contribution in [3.63, 3.8) is 0 Å². The molecule has 6 atom stereocenters. The van der Waals surface area contributed by atoms with E-state index in [1.807, 2.05) is 30.6 Å². The number of halogens is 8. The number of pyridine rings is 2. The fraction of sp³-hybridized carbons (Fsp3) is 0.484. The normalized spacial score (nSPS) is 30.2. The molecule has 0 aromatic carbocycles. The minimum atomic E-state index is -4.23. The first-order chi connectivity index (χ1) is 22.0. The second-order valence-electron chi connectivity index (χ2n) is 12.3. The van der Waals surface area contributed by atoms with E-state index < -0.39 is 36.3 Å².